The summed E-state index contributed by atoms with van der Waals surface area (Å²) in [5.74, 6) is 1.49. The summed E-state index contributed by atoms with van der Waals surface area (Å²) in [6.07, 6.45) is 4.07. The van der Waals surface area contributed by atoms with Crippen LogP contribution in [0.5, 0.6) is 11.5 Å². The number of benzene rings is 1. The van der Waals surface area contributed by atoms with Gasteiger partial charge in [-0.05, 0) is 43.9 Å². The van der Waals surface area contributed by atoms with E-state index in [1.165, 1.54) is 0 Å². The molecular weight excluding hydrogens is 266 g/mol. The van der Waals surface area contributed by atoms with E-state index >= 15 is 0 Å². The number of likely N-dealkylation sites (tertiary alicyclic amines) is 1. The Morgan fingerprint density at radius 3 is 2.29 bits per heavy atom. The number of carbonyl (C=O) groups is 1. The van der Waals surface area contributed by atoms with Crippen LogP contribution in [-0.2, 0) is 0 Å². The number of amides is 1. The molecule has 21 heavy (non-hydrogen) atoms. The van der Waals surface area contributed by atoms with Gasteiger partial charge in [-0.25, -0.2) is 0 Å². The first-order chi connectivity index (χ1) is 10.3. The molecule has 4 heteroatoms. The van der Waals surface area contributed by atoms with Gasteiger partial charge in [0.25, 0.3) is 5.91 Å². The molecule has 0 radical (unpaired) electrons. The maximum Gasteiger partial charge on any atom is 0.253 e. The fraction of sp³-hybridized carbons (Fsp3) is 0.588. The molecule has 0 spiro atoms. The average Bonchev–Trinajstić information content (AvgIpc) is 3.04. The summed E-state index contributed by atoms with van der Waals surface area (Å²) in [5, 5.41) is 0. The van der Waals surface area contributed by atoms with E-state index in [-0.39, 0.29) is 5.91 Å². The zero-order chi connectivity index (χ0) is 15.1. The molecule has 0 N–H and O–H groups in total. The van der Waals surface area contributed by atoms with Gasteiger partial charge >= 0.3 is 0 Å². The van der Waals surface area contributed by atoms with Crippen molar-refractivity contribution in [3.8, 4) is 11.5 Å². The molecule has 1 fully saturated rings. The third-order valence-electron chi connectivity index (χ3n) is 3.51. The molecule has 0 saturated carbocycles. The van der Waals surface area contributed by atoms with E-state index in [4.69, 9.17) is 9.47 Å². The highest BCUT2D eigenvalue weighted by atomic mass is 16.5. The van der Waals surface area contributed by atoms with Crippen LogP contribution in [0.15, 0.2) is 18.2 Å². The van der Waals surface area contributed by atoms with E-state index in [0.717, 1.165) is 44.5 Å². The largest absolute Gasteiger partial charge is 0.490 e. The Labute approximate surface area is 127 Å². The number of ether oxygens (including phenoxy) is 2. The first-order valence-electron chi connectivity index (χ1n) is 7.95. The second-order valence-corrected chi connectivity index (χ2v) is 5.36. The van der Waals surface area contributed by atoms with Gasteiger partial charge in [0, 0.05) is 18.7 Å². The molecule has 0 unspecified atom stereocenters. The van der Waals surface area contributed by atoms with Gasteiger partial charge in [-0.15, -0.1) is 0 Å². The SMILES string of the molecule is CCCOc1ccc(C(=O)N2CCCC2)cc1OCCC. The van der Waals surface area contributed by atoms with E-state index in [9.17, 15) is 4.79 Å². The topological polar surface area (TPSA) is 38.8 Å². The first-order valence-corrected chi connectivity index (χ1v) is 7.95. The van der Waals surface area contributed by atoms with Crippen molar-refractivity contribution >= 4 is 5.91 Å². The molecule has 1 aromatic carbocycles. The van der Waals surface area contributed by atoms with Crippen molar-refractivity contribution in [1.29, 1.82) is 0 Å². The lowest BCUT2D eigenvalue weighted by molar-refractivity contribution is 0.0792. The number of carbonyl (C=O) groups excluding carboxylic acids is 1. The van der Waals surface area contributed by atoms with Crippen LogP contribution in [0.4, 0.5) is 0 Å². The summed E-state index contributed by atoms with van der Waals surface area (Å²) >= 11 is 0. The van der Waals surface area contributed by atoms with Gasteiger partial charge in [-0.2, -0.15) is 0 Å². The molecule has 0 aliphatic carbocycles. The monoisotopic (exact) mass is 291 g/mol. The Morgan fingerprint density at radius 2 is 1.67 bits per heavy atom. The molecule has 1 heterocycles. The van der Waals surface area contributed by atoms with Crippen molar-refractivity contribution in [2.45, 2.75) is 39.5 Å². The molecule has 2 rings (SSSR count). The molecule has 116 valence electrons. The van der Waals surface area contributed by atoms with Gasteiger partial charge in [0.05, 0.1) is 13.2 Å². The van der Waals surface area contributed by atoms with Gasteiger partial charge in [-0.1, -0.05) is 13.8 Å². The molecule has 4 nitrogen and oxygen atoms in total. The normalized spacial score (nSPS) is 14.3. The molecule has 1 amide bonds. The van der Waals surface area contributed by atoms with Crippen LogP contribution >= 0.6 is 0 Å². The Balaban J connectivity index is 2.16. The molecule has 1 aliphatic rings. The smallest absolute Gasteiger partial charge is 0.253 e. The highest BCUT2D eigenvalue weighted by Crippen LogP contribution is 2.29. The van der Waals surface area contributed by atoms with Gasteiger partial charge < -0.3 is 14.4 Å². The van der Waals surface area contributed by atoms with Crippen molar-refractivity contribution in [2.24, 2.45) is 0 Å². The summed E-state index contributed by atoms with van der Waals surface area (Å²) in [5.41, 5.74) is 0.687. The number of rotatable bonds is 7. The molecule has 1 saturated heterocycles. The van der Waals surface area contributed by atoms with Gasteiger partial charge in [-0.3, -0.25) is 4.79 Å². The Morgan fingerprint density at radius 1 is 1.05 bits per heavy atom. The molecular formula is C17H25NO3. The summed E-state index contributed by atoms with van der Waals surface area (Å²) in [7, 11) is 0. The Bertz CT molecular complexity index is 467. The highest BCUT2D eigenvalue weighted by molar-refractivity contribution is 5.95. The van der Waals surface area contributed by atoms with Crippen LogP contribution in [0.1, 0.15) is 49.9 Å². The van der Waals surface area contributed by atoms with Crippen molar-refractivity contribution in [3.05, 3.63) is 23.8 Å². The van der Waals surface area contributed by atoms with E-state index in [1.54, 1.807) is 0 Å². The number of hydrogen-bond donors (Lipinski definition) is 0. The van der Waals surface area contributed by atoms with Gasteiger partial charge in [0.1, 0.15) is 0 Å². The third kappa shape index (κ3) is 4.13. The van der Waals surface area contributed by atoms with Crippen LogP contribution < -0.4 is 9.47 Å². The zero-order valence-corrected chi connectivity index (χ0v) is 13.1. The summed E-state index contributed by atoms with van der Waals surface area (Å²) in [6, 6.07) is 5.51. The zero-order valence-electron chi connectivity index (χ0n) is 13.1. The minimum atomic E-state index is 0.0934. The summed E-state index contributed by atoms with van der Waals surface area (Å²) in [4.78, 5) is 14.3. The van der Waals surface area contributed by atoms with Crippen LogP contribution in [0, 0.1) is 0 Å². The average molecular weight is 291 g/mol. The standard InChI is InChI=1S/C17H25NO3/c1-3-11-20-15-8-7-14(13-16(15)21-12-4-2)17(19)18-9-5-6-10-18/h7-8,13H,3-6,9-12H2,1-2H3. The molecule has 1 aliphatic heterocycles. The number of hydrogen-bond acceptors (Lipinski definition) is 3. The van der Waals surface area contributed by atoms with Crippen molar-refractivity contribution in [1.82, 2.24) is 4.90 Å². The van der Waals surface area contributed by atoms with Gasteiger partial charge in [0.15, 0.2) is 11.5 Å². The van der Waals surface area contributed by atoms with Crippen molar-refractivity contribution in [2.75, 3.05) is 26.3 Å². The second kappa shape index (κ2) is 7.91. The lowest BCUT2D eigenvalue weighted by atomic mass is 10.1. The van der Waals surface area contributed by atoms with Crippen molar-refractivity contribution < 1.29 is 14.3 Å². The third-order valence-corrected chi connectivity index (χ3v) is 3.51. The minimum absolute atomic E-state index is 0.0934. The first kappa shape index (κ1) is 15.7. The van der Waals surface area contributed by atoms with Crippen molar-refractivity contribution in [3.63, 3.8) is 0 Å². The minimum Gasteiger partial charge on any atom is -0.490 e. The van der Waals surface area contributed by atoms with Crippen LogP contribution in [0.2, 0.25) is 0 Å². The molecule has 0 aromatic heterocycles. The number of nitrogens with zero attached hydrogens (tertiary/aromatic N) is 1. The lowest BCUT2D eigenvalue weighted by Gasteiger charge is -2.17. The Kier molecular flexibility index (Phi) is 5.90. The quantitative estimate of drug-likeness (QED) is 0.772. The summed E-state index contributed by atoms with van der Waals surface area (Å²) in [6.45, 7) is 7.13. The summed E-state index contributed by atoms with van der Waals surface area (Å²) < 4.78 is 11.4. The molecule has 0 bridgehead atoms. The van der Waals surface area contributed by atoms with Crippen LogP contribution in [-0.4, -0.2) is 37.1 Å². The predicted molar refractivity (Wildman–Crippen MR) is 83.2 cm³/mol. The fourth-order valence-corrected chi connectivity index (χ4v) is 2.40. The Hall–Kier alpha value is -1.71. The fourth-order valence-electron chi connectivity index (χ4n) is 2.40. The van der Waals surface area contributed by atoms with E-state index in [2.05, 4.69) is 13.8 Å². The lowest BCUT2D eigenvalue weighted by Crippen LogP contribution is -2.27. The van der Waals surface area contributed by atoms with E-state index in [0.29, 0.717) is 24.5 Å². The predicted octanol–water partition coefficient (Wildman–Crippen LogP) is 3.50. The second-order valence-electron chi connectivity index (χ2n) is 5.36. The highest BCUT2D eigenvalue weighted by Gasteiger charge is 2.20. The van der Waals surface area contributed by atoms with E-state index < -0.39 is 0 Å². The van der Waals surface area contributed by atoms with Crippen LogP contribution in [0.3, 0.4) is 0 Å². The van der Waals surface area contributed by atoms with E-state index in [1.807, 2.05) is 23.1 Å². The maximum absolute atomic E-state index is 12.4. The molecule has 0 atom stereocenters. The molecule has 1 aromatic rings. The van der Waals surface area contributed by atoms with Crippen LogP contribution in [0.25, 0.3) is 0 Å². The maximum atomic E-state index is 12.4. The van der Waals surface area contributed by atoms with Gasteiger partial charge in [0.2, 0.25) is 0 Å².